The van der Waals surface area contributed by atoms with Crippen molar-refractivity contribution >= 4 is 34.8 Å². The largest absolute Gasteiger partial charge is 0.416 e. The summed E-state index contributed by atoms with van der Waals surface area (Å²) < 4.78 is 40.9. The number of fused-ring (bicyclic) bond motifs is 3. The van der Waals surface area contributed by atoms with E-state index in [1.165, 1.54) is 15.9 Å². The quantitative estimate of drug-likeness (QED) is 0.394. The minimum Gasteiger partial charge on any atom is -0.311 e. The Morgan fingerprint density at radius 1 is 0.844 bits per heavy atom. The molecule has 3 aromatic rings. The molecule has 0 fully saturated rings. The summed E-state index contributed by atoms with van der Waals surface area (Å²) in [6.07, 6.45) is -3.97. The number of alkyl halides is 3. The number of hydrogen-bond donors (Lipinski definition) is 0. The van der Waals surface area contributed by atoms with E-state index in [1.54, 1.807) is 49.5 Å². The van der Waals surface area contributed by atoms with Crippen LogP contribution >= 0.6 is 0 Å². The van der Waals surface area contributed by atoms with Crippen molar-refractivity contribution < 1.29 is 22.8 Å². The monoisotopic (exact) mass is 434 g/mol. The molecule has 5 rings (SSSR count). The Kier molecular flexibility index (Phi) is 4.44. The van der Waals surface area contributed by atoms with Crippen LogP contribution in [0, 0.1) is 0 Å². The molecule has 160 valence electrons. The average molecular weight is 434 g/mol. The van der Waals surface area contributed by atoms with Gasteiger partial charge in [-0.15, -0.1) is 0 Å². The van der Waals surface area contributed by atoms with E-state index in [0.29, 0.717) is 40.1 Å². The van der Waals surface area contributed by atoms with Crippen molar-refractivity contribution in [2.75, 3.05) is 16.8 Å². The van der Waals surface area contributed by atoms with Crippen LogP contribution in [0.4, 0.5) is 24.5 Å². The van der Waals surface area contributed by atoms with E-state index in [2.05, 4.69) is 0 Å². The third-order valence-electron chi connectivity index (χ3n) is 5.96. The fourth-order valence-electron chi connectivity index (χ4n) is 4.45. The lowest BCUT2D eigenvalue weighted by Gasteiger charge is -2.20. The van der Waals surface area contributed by atoms with Crippen LogP contribution < -0.4 is 9.80 Å². The van der Waals surface area contributed by atoms with Gasteiger partial charge in [-0.2, -0.15) is 13.2 Å². The molecule has 0 spiro atoms. The number of nitrogens with zero attached hydrogens (tertiary/aromatic N) is 2. The third kappa shape index (κ3) is 2.92. The summed E-state index contributed by atoms with van der Waals surface area (Å²) in [5.41, 5.74) is 3.10. The summed E-state index contributed by atoms with van der Waals surface area (Å²) >= 11 is 0. The van der Waals surface area contributed by atoms with Gasteiger partial charge in [0, 0.05) is 23.7 Å². The van der Waals surface area contributed by atoms with Crippen LogP contribution in [-0.2, 0) is 22.3 Å². The minimum absolute atomic E-state index is 0.181. The van der Waals surface area contributed by atoms with E-state index in [-0.39, 0.29) is 18.0 Å². The van der Waals surface area contributed by atoms with E-state index in [1.807, 2.05) is 6.07 Å². The third-order valence-corrected chi connectivity index (χ3v) is 5.96. The summed E-state index contributed by atoms with van der Waals surface area (Å²) in [4.78, 5) is 28.2. The fraction of sp³-hybridized carbons (Fsp3) is 0.120. The summed E-state index contributed by atoms with van der Waals surface area (Å²) in [7, 11) is 1.64. The Morgan fingerprint density at radius 3 is 2.25 bits per heavy atom. The van der Waals surface area contributed by atoms with Crippen LogP contribution in [0.1, 0.15) is 27.8 Å². The summed E-state index contributed by atoms with van der Waals surface area (Å²) in [5, 5.41) is 0. The number of benzene rings is 3. The number of likely N-dealkylation sites (N-methyl/N-ethyl adjacent to an activating group) is 1. The van der Waals surface area contributed by atoms with Crippen LogP contribution in [0.2, 0.25) is 0 Å². The van der Waals surface area contributed by atoms with Crippen LogP contribution in [-0.4, -0.2) is 19.4 Å². The smallest absolute Gasteiger partial charge is 0.311 e. The highest BCUT2D eigenvalue weighted by atomic mass is 19.4. The van der Waals surface area contributed by atoms with E-state index >= 15 is 0 Å². The number of carbonyl (C=O) groups excluding carboxylic acids is 2. The molecule has 2 aliphatic heterocycles. The standard InChI is InChI=1S/C25H17F3N2O2/c1-29-20-9-5-4-8-18(20)23(24(29)32)22-17-7-3-2-6-15(17)13-30(14-31)21-11-10-16(12-19(21)22)25(26,27)28/h2-12,14H,13H2,1H3/b23-22+. The second-order valence-electron chi connectivity index (χ2n) is 7.75. The van der Waals surface area contributed by atoms with Gasteiger partial charge in [0.1, 0.15) is 0 Å². The molecule has 0 radical (unpaired) electrons. The van der Waals surface area contributed by atoms with Crippen molar-refractivity contribution in [2.45, 2.75) is 12.7 Å². The second-order valence-corrected chi connectivity index (χ2v) is 7.75. The minimum atomic E-state index is -4.57. The molecule has 0 unspecified atom stereocenters. The average Bonchev–Trinajstić information content (AvgIpc) is 2.95. The lowest BCUT2D eigenvalue weighted by molar-refractivity contribution is -0.137. The zero-order valence-corrected chi connectivity index (χ0v) is 17.0. The molecule has 0 atom stereocenters. The first kappa shape index (κ1) is 20.1. The van der Waals surface area contributed by atoms with Crippen molar-refractivity contribution in [3.05, 3.63) is 94.5 Å². The topological polar surface area (TPSA) is 40.6 Å². The van der Waals surface area contributed by atoms with Crippen molar-refractivity contribution in [3.8, 4) is 0 Å². The summed E-state index contributed by atoms with van der Waals surface area (Å²) in [6, 6.07) is 17.7. The van der Waals surface area contributed by atoms with E-state index in [0.717, 1.165) is 17.7 Å². The van der Waals surface area contributed by atoms with Crippen molar-refractivity contribution in [3.63, 3.8) is 0 Å². The number of anilines is 2. The maximum atomic E-state index is 13.6. The molecule has 0 saturated heterocycles. The Labute approximate surface area is 182 Å². The molecular formula is C25H17F3N2O2. The molecule has 0 aromatic heterocycles. The first-order valence-electron chi connectivity index (χ1n) is 9.95. The van der Waals surface area contributed by atoms with Gasteiger partial charge in [-0.05, 0) is 35.4 Å². The Hall–Kier alpha value is -3.87. The molecule has 2 amide bonds. The van der Waals surface area contributed by atoms with Crippen molar-refractivity contribution in [1.29, 1.82) is 0 Å². The van der Waals surface area contributed by atoms with E-state index in [9.17, 15) is 22.8 Å². The second kappa shape index (κ2) is 7.09. The highest BCUT2D eigenvalue weighted by molar-refractivity contribution is 6.39. The summed E-state index contributed by atoms with van der Waals surface area (Å²) in [6.45, 7) is 0.181. The lowest BCUT2D eigenvalue weighted by atomic mass is 9.87. The normalized spacial score (nSPS) is 17.6. The Balaban J connectivity index is 1.95. The Morgan fingerprint density at radius 2 is 1.53 bits per heavy atom. The first-order chi connectivity index (χ1) is 15.3. The predicted octanol–water partition coefficient (Wildman–Crippen LogP) is 5.12. The number of hydrogen-bond acceptors (Lipinski definition) is 2. The van der Waals surface area contributed by atoms with Crippen LogP contribution in [0.3, 0.4) is 0 Å². The molecular weight excluding hydrogens is 417 g/mol. The van der Waals surface area contributed by atoms with Crippen LogP contribution in [0.15, 0.2) is 66.7 Å². The zero-order chi connectivity index (χ0) is 22.6. The highest BCUT2D eigenvalue weighted by Gasteiger charge is 2.37. The van der Waals surface area contributed by atoms with Gasteiger partial charge in [0.15, 0.2) is 0 Å². The van der Waals surface area contributed by atoms with Crippen molar-refractivity contribution in [2.24, 2.45) is 0 Å². The molecule has 0 N–H and O–H groups in total. The molecule has 2 heterocycles. The number of halogens is 3. The maximum Gasteiger partial charge on any atom is 0.416 e. The van der Waals surface area contributed by atoms with Gasteiger partial charge in [0.25, 0.3) is 5.91 Å². The molecule has 7 heteroatoms. The fourth-order valence-corrected chi connectivity index (χ4v) is 4.45. The molecule has 0 saturated carbocycles. The number of amides is 2. The van der Waals surface area contributed by atoms with Crippen molar-refractivity contribution in [1.82, 2.24) is 0 Å². The van der Waals surface area contributed by atoms with Crippen LogP contribution in [0.25, 0.3) is 11.1 Å². The predicted molar refractivity (Wildman–Crippen MR) is 116 cm³/mol. The maximum absolute atomic E-state index is 13.6. The number of rotatable bonds is 1. The van der Waals surface area contributed by atoms with Gasteiger partial charge >= 0.3 is 6.18 Å². The number of carbonyl (C=O) groups is 2. The van der Waals surface area contributed by atoms with Gasteiger partial charge in [-0.1, -0.05) is 42.5 Å². The van der Waals surface area contributed by atoms with Gasteiger partial charge in [0.2, 0.25) is 6.41 Å². The van der Waals surface area contributed by atoms with Crippen LogP contribution in [0.5, 0.6) is 0 Å². The van der Waals surface area contributed by atoms with Gasteiger partial charge in [-0.25, -0.2) is 0 Å². The molecule has 32 heavy (non-hydrogen) atoms. The molecule has 4 nitrogen and oxygen atoms in total. The molecule has 3 aromatic carbocycles. The number of para-hydroxylation sites is 1. The summed E-state index contributed by atoms with van der Waals surface area (Å²) in [5.74, 6) is -0.307. The lowest BCUT2D eigenvalue weighted by Crippen LogP contribution is -2.21. The SMILES string of the molecule is CN1C(=O)/C(=C2\c3ccccc3CN(C=O)c3ccc(C(F)(F)F)cc32)c2ccccc21. The first-order valence-corrected chi connectivity index (χ1v) is 9.95. The van der Waals surface area contributed by atoms with E-state index < -0.39 is 11.7 Å². The Bertz CT molecular complexity index is 1310. The molecule has 0 bridgehead atoms. The molecule has 2 aliphatic rings. The van der Waals surface area contributed by atoms with Gasteiger partial charge in [0.05, 0.1) is 29.1 Å². The van der Waals surface area contributed by atoms with E-state index in [4.69, 9.17) is 0 Å². The van der Waals surface area contributed by atoms with Gasteiger partial charge < -0.3 is 9.80 Å². The molecule has 0 aliphatic carbocycles. The highest BCUT2D eigenvalue weighted by Crippen LogP contribution is 2.47. The van der Waals surface area contributed by atoms with Gasteiger partial charge in [-0.3, -0.25) is 9.59 Å². The zero-order valence-electron chi connectivity index (χ0n) is 17.0.